The van der Waals surface area contributed by atoms with E-state index in [1.165, 1.54) is 4.90 Å². The Bertz CT molecular complexity index is 414. The number of hydrogen-bond donors (Lipinski definition) is 1. The Balaban J connectivity index is 1.93. The van der Waals surface area contributed by atoms with Crippen LogP contribution < -0.4 is 4.72 Å². The average Bonchev–Trinajstić information content (AvgIpc) is 2.99. The van der Waals surface area contributed by atoms with Gasteiger partial charge >= 0.3 is 0 Å². The van der Waals surface area contributed by atoms with Gasteiger partial charge in [0.1, 0.15) is 5.25 Å². The van der Waals surface area contributed by atoms with E-state index in [1.54, 1.807) is 7.05 Å². The smallest absolute Gasteiger partial charge is 0.223 e. The Kier molecular flexibility index (Phi) is 3.20. The number of nitrogens with zero attached hydrogens (tertiary/aromatic N) is 1. The summed E-state index contributed by atoms with van der Waals surface area (Å²) < 4.78 is 26.7. The van der Waals surface area contributed by atoms with Crippen molar-refractivity contribution in [2.24, 2.45) is 5.41 Å². The van der Waals surface area contributed by atoms with Gasteiger partial charge in [0.15, 0.2) is 0 Å². The molecule has 2 fully saturated rings. The quantitative estimate of drug-likeness (QED) is 0.774. The van der Waals surface area contributed by atoms with Crippen molar-refractivity contribution in [2.75, 3.05) is 20.1 Å². The van der Waals surface area contributed by atoms with Crippen LogP contribution in [0.25, 0.3) is 0 Å². The molecule has 2 rings (SSSR count). The summed E-state index contributed by atoms with van der Waals surface area (Å²) in [5.74, 6) is -0.0861. The molecule has 0 bridgehead atoms. The molecule has 0 aromatic rings. The zero-order valence-electron chi connectivity index (χ0n) is 10.4. The van der Waals surface area contributed by atoms with Crippen molar-refractivity contribution in [1.29, 1.82) is 0 Å². The Morgan fingerprint density at radius 1 is 1.47 bits per heavy atom. The SMILES string of the molecule is CCC1(CNS(=O)(=O)C2CC(=O)N(C)C2)CC1. The maximum atomic E-state index is 12.0. The van der Waals surface area contributed by atoms with Crippen LogP contribution in [0.3, 0.4) is 0 Å². The molecule has 1 amide bonds. The lowest BCUT2D eigenvalue weighted by Crippen LogP contribution is -2.38. The predicted molar refractivity (Wildman–Crippen MR) is 64.9 cm³/mol. The molecule has 1 N–H and O–H groups in total. The number of amides is 1. The Labute approximate surface area is 103 Å². The van der Waals surface area contributed by atoms with E-state index in [1.807, 2.05) is 0 Å². The lowest BCUT2D eigenvalue weighted by Gasteiger charge is -2.16. The van der Waals surface area contributed by atoms with E-state index < -0.39 is 15.3 Å². The number of rotatable bonds is 5. The second-order valence-electron chi connectivity index (χ2n) is 5.32. The third-order valence-corrected chi connectivity index (χ3v) is 5.84. The highest BCUT2D eigenvalue weighted by Gasteiger charge is 2.43. The molecule has 0 aromatic heterocycles. The first-order valence-corrected chi connectivity index (χ1v) is 7.66. The van der Waals surface area contributed by atoms with Gasteiger partial charge in [-0.15, -0.1) is 0 Å². The van der Waals surface area contributed by atoms with Crippen LogP contribution in [-0.4, -0.2) is 44.6 Å². The summed E-state index contributed by atoms with van der Waals surface area (Å²) >= 11 is 0. The molecule has 1 unspecified atom stereocenters. The first-order valence-electron chi connectivity index (χ1n) is 6.11. The van der Waals surface area contributed by atoms with E-state index in [0.29, 0.717) is 13.1 Å². The third kappa shape index (κ3) is 2.63. The molecule has 17 heavy (non-hydrogen) atoms. The van der Waals surface area contributed by atoms with Crippen molar-refractivity contribution in [2.45, 2.75) is 37.9 Å². The van der Waals surface area contributed by atoms with Crippen molar-refractivity contribution in [1.82, 2.24) is 9.62 Å². The maximum Gasteiger partial charge on any atom is 0.223 e. The van der Waals surface area contributed by atoms with Gasteiger partial charge in [-0.25, -0.2) is 13.1 Å². The molecule has 1 aliphatic carbocycles. The van der Waals surface area contributed by atoms with E-state index in [4.69, 9.17) is 0 Å². The van der Waals surface area contributed by atoms with Crippen LogP contribution in [0.5, 0.6) is 0 Å². The van der Waals surface area contributed by atoms with E-state index in [2.05, 4.69) is 11.6 Å². The molecule has 1 aliphatic heterocycles. The van der Waals surface area contributed by atoms with Gasteiger partial charge in [-0.05, 0) is 24.7 Å². The number of likely N-dealkylation sites (tertiary alicyclic amines) is 1. The zero-order chi connectivity index (χ0) is 12.7. The molecule has 2 aliphatic rings. The Morgan fingerprint density at radius 3 is 2.53 bits per heavy atom. The van der Waals surface area contributed by atoms with Crippen molar-refractivity contribution in [3.05, 3.63) is 0 Å². The van der Waals surface area contributed by atoms with E-state index in [-0.39, 0.29) is 17.7 Å². The fraction of sp³-hybridized carbons (Fsp3) is 0.909. The van der Waals surface area contributed by atoms with Crippen molar-refractivity contribution in [3.63, 3.8) is 0 Å². The molecule has 0 aromatic carbocycles. The van der Waals surface area contributed by atoms with Gasteiger partial charge in [0.25, 0.3) is 0 Å². The summed E-state index contributed by atoms with van der Waals surface area (Å²) in [6.07, 6.45) is 3.34. The standard InChI is InChI=1S/C11H20N2O3S/c1-3-11(4-5-11)8-12-17(15,16)9-6-10(14)13(2)7-9/h9,12H,3-8H2,1-2H3. The van der Waals surface area contributed by atoms with E-state index in [0.717, 1.165) is 19.3 Å². The van der Waals surface area contributed by atoms with Crippen LogP contribution >= 0.6 is 0 Å². The van der Waals surface area contributed by atoms with Crippen molar-refractivity contribution in [3.8, 4) is 0 Å². The fourth-order valence-corrected chi connectivity index (χ4v) is 3.76. The highest BCUT2D eigenvalue weighted by molar-refractivity contribution is 7.90. The molecular weight excluding hydrogens is 240 g/mol. The molecule has 0 radical (unpaired) electrons. The molecule has 5 nitrogen and oxygen atoms in total. The van der Waals surface area contributed by atoms with Crippen LogP contribution in [0.2, 0.25) is 0 Å². The lowest BCUT2D eigenvalue weighted by molar-refractivity contribution is -0.126. The minimum atomic E-state index is -3.34. The summed E-state index contributed by atoms with van der Waals surface area (Å²) in [7, 11) is -1.70. The monoisotopic (exact) mass is 260 g/mol. The van der Waals surface area contributed by atoms with Crippen molar-refractivity contribution < 1.29 is 13.2 Å². The normalized spacial score (nSPS) is 27.5. The average molecular weight is 260 g/mol. The van der Waals surface area contributed by atoms with Crippen LogP contribution in [0.4, 0.5) is 0 Å². The van der Waals surface area contributed by atoms with Crippen LogP contribution in [0.15, 0.2) is 0 Å². The largest absolute Gasteiger partial charge is 0.344 e. The highest BCUT2D eigenvalue weighted by Crippen LogP contribution is 2.48. The maximum absolute atomic E-state index is 12.0. The number of nitrogens with one attached hydrogen (secondary N) is 1. The molecule has 1 heterocycles. The summed E-state index contributed by atoms with van der Waals surface area (Å²) in [6.45, 7) is 2.93. The zero-order valence-corrected chi connectivity index (χ0v) is 11.2. The summed E-state index contributed by atoms with van der Waals surface area (Å²) in [5, 5.41) is -0.576. The van der Waals surface area contributed by atoms with Crippen LogP contribution in [-0.2, 0) is 14.8 Å². The first kappa shape index (κ1) is 12.8. The van der Waals surface area contributed by atoms with Crippen LogP contribution in [0, 0.1) is 5.41 Å². The van der Waals surface area contributed by atoms with E-state index in [9.17, 15) is 13.2 Å². The number of hydrogen-bond acceptors (Lipinski definition) is 3. The fourth-order valence-electron chi connectivity index (χ4n) is 2.23. The van der Waals surface area contributed by atoms with E-state index >= 15 is 0 Å². The minimum Gasteiger partial charge on any atom is -0.344 e. The highest BCUT2D eigenvalue weighted by atomic mass is 32.2. The minimum absolute atomic E-state index is 0.0861. The first-order chi connectivity index (χ1) is 7.88. The molecule has 1 atom stereocenters. The number of carbonyl (C=O) groups is 1. The predicted octanol–water partition coefficient (Wildman–Crippen LogP) is 0.327. The summed E-state index contributed by atoms with van der Waals surface area (Å²) in [4.78, 5) is 12.8. The topological polar surface area (TPSA) is 66.5 Å². The lowest BCUT2D eigenvalue weighted by atomic mass is 10.1. The molecule has 1 saturated heterocycles. The summed E-state index contributed by atoms with van der Waals surface area (Å²) in [5.41, 5.74) is 0.196. The van der Waals surface area contributed by atoms with Gasteiger partial charge < -0.3 is 4.90 Å². The summed E-state index contributed by atoms with van der Waals surface area (Å²) in [6, 6.07) is 0. The van der Waals surface area contributed by atoms with Crippen LogP contribution in [0.1, 0.15) is 32.6 Å². The van der Waals surface area contributed by atoms with Gasteiger partial charge in [-0.1, -0.05) is 6.92 Å². The number of sulfonamides is 1. The van der Waals surface area contributed by atoms with Gasteiger partial charge in [-0.3, -0.25) is 4.79 Å². The van der Waals surface area contributed by atoms with Gasteiger partial charge in [0.2, 0.25) is 15.9 Å². The number of carbonyl (C=O) groups excluding carboxylic acids is 1. The molecule has 98 valence electrons. The second kappa shape index (κ2) is 4.24. The molecule has 1 saturated carbocycles. The van der Waals surface area contributed by atoms with Gasteiger partial charge in [0, 0.05) is 26.6 Å². The molecule has 0 spiro atoms. The Morgan fingerprint density at radius 2 is 2.12 bits per heavy atom. The Hall–Kier alpha value is -0.620. The second-order valence-corrected chi connectivity index (χ2v) is 7.37. The van der Waals surface area contributed by atoms with Gasteiger partial charge in [0.05, 0.1) is 0 Å². The van der Waals surface area contributed by atoms with Gasteiger partial charge in [-0.2, -0.15) is 0 Å². The third-order valence-electron chi connectivity index (χ3n) is 4.10. The van der Waals surface area contributed by atoms with Crippen molar-refractivity contribution >= 4 is 15.9 Å². The molecule has 6 heteroatoms. The molecular formula is C11H20N2O3S.